The topological polar surface area (TPSA) is 37.0 Å². The summed E-state index contributed by atoms with van der Waals surface area (Å²) in [6, 6.07) is 31.0. The highest BCUT2D eigenvalue weighted by atomic mass is 14.8. The SMILES string of the molecule is C(#Cc1cccc(C#CNc2ccccc2)n1)Nc1ccccc1. The van der Waals surface area contributed by atoms with E-state index in [1.807, 2.05) is 78.9 Å². The number of rotatable bonds is 2. The molecule has 3 aromatic rings. The van der Waals surface area contributed by atoms with E-state index in [4.69, 9.17) is 0 Å². The minimum atomic E-state index is 0.671. The standard InChI is InChI=1S/C21H15N3/c1-3-8-18(9-4-1)22-16-14-20-12-7-13-21(24-20)15-17-23-19-10-5-2-6-11-19/h1-13,22-23H. The monoisotopic (exact) mass is 309 g/mol. The highest BCUT2D eigenvalue weighted by Crippen LogP contribution is 2.04. The Balaban J connectivity index is 1.65. The second kappa shape index (κ2) is 8.08. The Bertz CT molecular complexity index is 836. The van der Waals surface area contributed by atoms with Gasteiger partial charge in [-0.15, -0.1) is 0 Å². The van der Waals surface area contributed by atoms with Crippen molar-refractivity contribution in [2.75, 3.05) is 10.6 Å². The summed E-state index contributed by atoms with van der Waals surface area (Å²) >= 11 is 0. The van der Waals surface area contributed by atoms with Crippen LogP contribution in [0.4, 0.5) is 11.4 Å². The van der Waals surface area contributed by atoms with Crippen LogP contribution in [0.3, 0.4) is 0 Å². The zero-order chi connectivity index (χ0) is 16.5. The van der Waals surface area contributed by atoms with Gasteiger partial charge in [-0.2, -0.15) is 0 Å². The summed E-state index contributed by atoms with van der Waals surface area (Å²) in [7, 11) is 0. The minimum absolute atomic E-state index is 0.671. The molecule has 114 valence electrons. The van der Waals surface area contributed by atoms with Gasteiger partial charge in [0.05, 0.1) is 0 Å². The maximum atomic E-state index is 4.41. The number of nitrogens with one attached hydrogen (secondary N) is 2. The van der Waals surface area contributed by atoms with Gasteiger partial charge >= 0.3 is 0 Å². The van der Waals surface area contributed by atoms with Gasteiger partial charge in [0.15, 0.2) is 0 Å². The van der Waals surface area contributed by atoms with Crippen molar-refractivity contribution in [3.63, 3.8) is 0 Å². The summed E-state index contributed by atoms with van der Waals surface area (Å²) in [6.45, 7) is 0. The second-order valence-corrected chi connectivity index (χ2v) is 4.89. The molecule has 0 unspecified atom stereocenters. The van der Waals surface area contributed by atoms with Crippen molar-refractivity contribution in [3.8, 4) is 23.9 Å². The van der Waals surface area contributed by atoms with E-state index in [0.717, 1.165) is 11.4 Å². The minimum Gasteiger partial charge on any atom is -0.315 e. The lowest BCUT2D eigenvalue weighted by atomic mass is 10.3. The first kappa shape index (κ1) is 15.2. The first-order valence-corrected chi connectivity index (χ1v) is 7.51. The lowest BCUT2D eigenvalue weighted by Crippen LogP contribution is -1.91. The van der Waals surface area contributed by atoms with Gasteiger partial charge in [0, 0.05) is 23.5 Å². The fourth-order valence-corrected chi connectivity index (χ4v) is 1.95. The van der Waals surface area contributed by atoms with Crippen molar-refractivity contribution in [2.45, 2.75) is 0 Å². The van der Waals surface area contributed by atoms with Crippen molar-refractivity contribution in [3.05, 3.63) is 90.3 Å². The first-order valence-electron chi connectivity index (χ1n) is 7.51. The molecular weight excluding hydrogens is 294 g/mol. The van der Waals surface area contributed by atoms with Gasteiger partial charge in [0.1, 0.15) is 11.4 Å². The number of nitrogens with zero attached hydrogens (tertiary/aromatic N) is 1. The summed E-state index contributed by atoms with van der Waals surface area (Å²) in [5.41, 5.74) is 3.25. The maximum Gasteiger partial charge on any atom is 0.116 e. The van der Waals surface area contributed by atoms with E-state index in [-0.39, 0.29) is 0 Å². The molecule has 0 bridgehead atoms. The Labute approximate surface area is 141 Å². The lowest BCUT2D eigenvalue weighted by Gasteiger charge is -1.96. The fraction of sp³-hybridized carbons (Fsp3) is 0. The smallest absolute Gasteiger partial charge is 0.116 e. The van der Waals surface area contributed by atoms with Crippen LogP contribution in [0.15, 0.2) is 78.9 Å². The number of benzene rings is 2. The quantitative estimate of drug-likeness (QED) is 0.556. The summed E-state index contributed by atoms with van der Waals surface area (Å²) < 4.78 is 0. The van der Waals surface area contributed by atoms with E-state index in [1.165, 1.54) is 0 Å². The Hall–Kier alpha value is -3.69. The highest BCUT2D eigenvalue weighted by Gasteiger charge is 1.92. The molecule has 3 nitrogen and oxygen atoms in total. The molecule has 0 amide bonds. The Kier molecular flexibility index (Phi) is 5.12. The largest absolute Gasteiger partial charge is 0.315 e. The van der Waals surface area contributed by atoms with Gasteiger partial charge in [-0.3, -0.25) is 0 Å². The van der Waals surface area contributed by atoms with E-state index in [0.29, 0.717) is 11.4 Å². The normalized spacial score (nSPS) is 9.00. The molecule has 0 aliphatic heterocycles. The molecule has 3 rings (SSSR count). The highest BCUT2D eigenvalue weighted by molar-refractivity contribution is 5.50. The summed E-state index contributed by atoms with van der Waals surface area (Å²) in [4.78, 5) is 4.41. The predicted molar refractivity (Wildman–Crippen MR) is 98.1 cm³/mol. The molecule has 1 aromatic heterocycles. The predicted octanol–water partition coefficient (Wildman–Crippen LogP) is 3.92. The summed E-state index contributed by atoms with van der Waals surface area (Å²) in [5.74, 6) is 5.96. The number of hydrogen-bond donors (Lipinski definition) is 2. The molecule has 0 aliphatic rings. The van der Waals surface area contributed by atoms with Gasteiger partial charge in [0.25, 0.3) is 0 Å². The number of aromatic nitrogens is 1. The summed E-state index contributed by atoms with van der Waals surface area (Å²) in [6.07, 6.45) is 0. The van der Waals surface area contributed by atoms with Crippen molar-refractivity contribution in [1.82, 2.24) is 4.98 Å². The van der Waals surface area contributed by atoms with Crippen molar-refractivity contribution in [1.29, 1.82) is 0 Å². The molecule has 1 heterocycles. The van der Waals surface area contributed by atoms with Crippen LogP contribution in [0.2, 0.25) is 0 Å². The van der Waals surface area contributed by atoms with Gasteiger partial charge < -0.3 is 10.6 Å². The molecule has 3 heteroatoms. The number of pyridine rings is 1. The molecule has 0 saturated carbocycles. The molecule has 0 saturated heterocycles. The number of anilines is 2. The molecule has 0 spiro atoms. The average molecular weight is 309 g/mol. The molecule has 0 atom stereocenters. The summed E-state index contributed by atoms with van der Waals surface area (Å²) in [5, 5.41) is 6.06. The molecule has 0 radical (unpaired) electrons. The molecule has 0 fully saturated rings. The van der Waals surface area contributed by atoms with Gasteiger partial charge in [-0.25, -0.2) is 4.98 Å². The van der Waals surface area contributed by atoms with Crippen molar-refractivity contribution >= 4 is 11.4 Å². The van der Waals surface area contributed by atoms with Crippen LogP contribution in [0.25, 0.3) is 0 Å². The molecule has 0 aliphatic carbocycles. The Morgan fingerprint density at radius 1 is 0.542 bits per heavy atom. The van der Waals surface area contributed by atoms with Gasteiger partial charge in [-0.05, 0) is 48.2 Å². The van der Waals surface area contributed by atoms with Crippen LogP contribution in [0.1, 0.15) is 11.4 Å². The molecule has 2 N–H and O–H groups in total. The zero-order valence-corrected chi connectivity index (χ0v) is 13.0. The van der Waals surface area contributed by atoms with Gasteiger partial charge in [0.2, 0.25) is 0 Å². The maximum absolute atomic E-state index is 4.41. The van der Waals surface area contributed by atoms with Crippen LogP contribution < -0.4 is 10.6 Å². The Morgan fingerprint density at radius 3 is 1.46 bits per heavy atom. The van der Waals surface area contributed by atoms with E-state index < -0.39 is 0 Å². The van der Waals surface area contributed by atoms with E-state index >= 15 is 0 Å². The van der Waals surface area contributed by atoms with E-state index in [9.17, 15) is 0 Å². The average Bonchev–Trinajstić information content (AvgIpc) is 2.64. The van der Waals surface area contributed by atoms with Gasteiger partial charge in [-0.1, -0.05) is 42.5 Å². The molecule has 2 aromatic carbocycles. The Morgan fingerprint density at radius 2 is 1.00 bits per heavy atom. The van der Waals surface area contributed by atoms with Crippen LogP contribution >= 0.6 is 0 Å². The van der Waals surface area contributed by atoms with Crippen molar-refractivity contribution < 1.29 is 0 Å². The third kappa shape index (κ3) is 4.66. The van der Waals surface area contributed by atoms with E-state index in [1.54, 1.807) is 0 Å². The van der Waals surface area contributed by atoms with Crippen LogP contribution in [-0.4, -0.2) is 4.98 Å². The molecule has 24 heavy (non-hydrogen) atoms. The first-order chi connectivity index (χ1) is 11.9. The lowest BCUT2D eigenvalue weighted by molar-refractivity contribution is 1.25. The van der Waals surface area contributed by atoms with E-state index in [2.05, 4.69) is 39.5 Å². The second-order valence-electron chi connectivity index (χ2n) is 4.89. The zero-order valence-electron chi connectivity index (χ0n) is 13.0. The van der Waals surface area contributed by atoms with Crippen LogP contribution in [-0.2, 0) is 0 Å². The third-order valence-electron chi connectivity index (χ3n) is 3.09. The van der Waals surface area contributed by atoms with Crippen molar-refractivity contribution in [2.24, 2.45) is 0 Å². The third-order valence-corrected chi connectivity index (χ3v) is 3.09. The van der Waals surface area contributed by atoms with Crippen LogP contribution in [0.5, 0.6) is 0 Å². The fourth-order valence-electron chi connectivity index (χ4n) is 1.95. The number of hydrogen-bond acceptors (Lipinski definition) is 3. The molecular formula is C21H15N3. The number of para-hydroxylation sites is 2. The van der Waals surface area contributed by atoms with Crippen LogP contribution in [0, 0.1) is 23.9 Å².